The topological polar surface area (TPSA) is 114 Å². The molecule has 0 aliphatic carbocycles. The zero-order valence-electron chi connectivity index (χ0n) is 14.1. The molecule has 5 N–H and O–H groups in total. The molecule has 24 heavy (non-hydrogen) atoms. The van der Waals surface area contributed by atoms with E-state index in [2.05, 4.69) is 4.98 Å². The summed E-state index contributed by atoms with van der Waals surface area (Å²) in [6.45, 7) is 4.90. The van der Waals surface area contributed by atoms with E-state index in [0.717, 1.165) is 16.7 Å². The summed E-state index contributed by atoms with van der Waals surface area (Å²) in [5, 5.41) is 41.8. The van der Waals surface area contributed by atoms with Gasteiger partial charge in [-0.3, -0.25) is 4.98 Å². The summed E-state index contributed by atoms with van der Waals surface area (Å²) in [4.78, 5) is 4.00. The van der Waals surface area contributed by atoms with Crippen LogP contribution < -0.4 is 0 Å². The van der Waals surface area contributed by atoms with Crippen molar-refractivity contribution in [3.05, 3.63) is 54.4 Å². The van der Waals surface area contributed by atoms with Crippen LogP contribution in [0.5, 0.6) is 0 Å². The Kier molecular flexibility index (Phi) is 7.07. The molecule has 0 aliphatic rings. The van der Waals surface area contributed by atoms with Crippen molar-refractivity contribution >= 4 is 7.32 Å². The lowest BCUT2D eigenvalue weighted by Crippen LogP contribution is -2.49. The van der Waals surface area contributed by atoms with Crippen LogP contribution in [0.3, 0.4) is 0 Å². The van der Waals surface area contributed by atoms with Gasteiger partial charge in [-0.25, -0.2) is 0 Å². The highest BCUT2D eigenvalue weighted by molar-refractivity contribution is 6.30. The molecule has 2 rings (SSSR count). The molecule has 0 radical (unpaired) electrons. The van der Waals surface area contributed by atoms with E-state index in [0.29, 0.717) is 6.42 Å². The van der Waals surface area contributed by atoms with Gasteiger partial charge >= 0.3 is 7.32 Å². The summed E-state index contributed by atoms with van der Waals surface area (Å²) in [5.41, 5.74) is 0.914. The Labute approximate surface area is 142 Å². The van der Waals surface area contributed by atoms with Crippen molar-refractivity contribution in [2.24, 2.45) is 0 Å². The predicted octanol–water partition coefficient (Wildman–Crippen LogP) is 0.761. The maximum Gasteiger partial charge on any atom is 0.631 e. The fourth-order valence-corrected chi connectivity index (χ4v) is 1.97. The normalized spacial score (nSPS) is 13.5. The molecule has 0 aliphatic heterocycles. The second-order valence-corrected chi connectivity index (χ2v) is 6.29. The van der Waals surface area contributed by atoms with Gasteiger partial charge in [0.25, 0.3) is 0 Å². The van der Waals surface area contributed by atoms with Crippen LogP contribution in [0.15, 0.2) is 48.8 Å². The molecular formula is C17H24BNO5. The Bertz CT molecular complexity index is 606. The molecule has 1 heterocycles. The monoisotopic (exact) mass is 333 g/mol. The lowest BCUT2D eigenvalue weighted by atomic mass is 9.82. The number of hydrogen-bond donors (Lipinski definition) is 5. The number of pyridine rings is 1. The van der Waals surface area contributed by atoms with Gasteiger partial charge in [0, 0.05) is 18.8 Å². The molecule has 0 saturated heterocycles. The van der Waals surface area contributed by atoms with E-state index >= 15 is 0 Å². The van der Waals surface area contributed by atoms with Gasteiger partial charge in [0.15, 0.2) is 0 Å². The Morgan fingerprint density at radius 3 is 1.67 bits per heavy atom. The fraction of sp³-hybridized carbons (Fsp3) is 0.353. The number of hydrogen-bond acceptors (Lipinski definition) is 6. The van der Waals surface area contributed by atoms with Gasteiger partial charge in [0.2, 0.25) is 0 Å². The van der Waals surface area contributed by atoms with Crippen molar-refractivity contribution in [1.82, 2.24) is 4.98 Å². The molecule has 2 aromatic rings. The highest BCUT2D eigenvalue weighted by atomic mass is 16.5. The number of aromatic nitrogens is 1. The van der Waals surface area contributed by atoms with Crippen molar-refractivity contribution in [2.45, 2.75) is 38.4 Å². The van der Waals surface area contributed by atoms with Crippen molar-refractivity contribution in [3.63, 3.8) is 0 Å². The zero-order chi connectivity index (χ0) is 18.4. The molecule has 1 atom stereocenters. The molecule has 0 fully saturated rings. The summed E-state index contributed by atoms with van der Waals surface area (Å²) in [6.07, 6.45) is 3.94. The molecule has 130 valence electrons. The first-order valence-corrected chi connectivity index (χ1v) is 7.51. The van der Waals surface area contributed by atoms with Crippen LogP contribution in [-0.4, -0.2) is 48.8 Å². The maximum atomic E-state index is 10.3. The molecule has 1 unspecified atom stereocenters. The molecule has 0 spiro atoms. The molecule has 0 saturated carbocycles. The van der Waals surface area contributed by atoms with Crippen LogP contribution in [0.1, 0.15) is 26.3 Å². The maximum absolute atomic E-state index is 10.3. The van der Waals surface area contributed by atoms with E-state index in [1.807, 2.05) is 36.4 Å². The summed E-state index contributed by atoms with van der Waals surface area (Å²) in [5.74, 6) is 0. The van der Waals surface area contributed by atoms with Crippen molar-refractivity contribution in [1.29, 1.82) is 0 Å². The average molecular weight is 333 g/mol. The SMILES string of the molecule is CC(C)(O)C(C)(O)Cc1ccc(-c2ccncc2)cc1.OB(O)O. The molecule has 1 aromatic carbocycles. The van der Waals surface area contributed by atoms with Gasteiger partial charge in [-0.15, -0.1) is 0 Å². The fourth-order valence-electron chi connectivity index (χ4n) is 1.97. The molecule has 0 bridgehead atoms. The molecule has 1 aromatic heterocycles. The first kappa shape index (κ1) is 20.3. The zero-order valence-corrected chi connectivity index (χ0v) is 14.1. The Morgan fingerprint density at radius 2 is 1.25 bits per heavy atom. The van der Waals surface area contributed by atoms with E-state index in [1.165, 1.54) is 0 Å². The summed E-state index contributed by atoms with van der Waals surface area (Å²) in [6, 6.07) is 11.9. The largest absolute Gasteiger partial charge is 0.631 e. The Balaban J connectivity index is 0.000000648. The minimum Gasteiger partial charge on any atom is -0.402 e. The van der Waals surface area contributed by atoms with Crippen LogP contribution >= 0.6 is 0 Å². The highest BCUT2D eigenvalue weighted by Crippen LogP contribution is 2.27. The highest BCUT2D eigenvalue weighted by Gasteiger charge is 2.37. The van der Waals surface area contributed by atoms with E-state index in [9.17, 15) is 10.2 Å². The van der Waals surface area contributed by atoms with E-state index in [-0.39, 0.29) is 0 Å². The van der Waals surface area contributed by atoms with Crippen molar-refractivity contribution in [2.75, 3.05) is 0 Å². The second-order valence-electron chi connectivity index (χ2n) is 6.29. The number of aliphatic hydroxyl groups is 2. The molecule has 6 nitrogen and oxygen atoms in total. The van der Waals surface area contributed by atoms with Crippen molar-refractivity contribution < 1.29 is 25.3 Å². The van der Waals surface area contributed by atoms with Gasteiger partial charge in [-0.1, -0.05) is 24.3 Å². The van der Waals surface area contributed by atoms with E-state index < -0.39 is 18.5 Å². The van der Waals surface area contributed by atoms with Gasteiger partial charge in [-0.05, 0) is 49.6 Å². The third-order valence-electron chi connectivity index (χ3n) is 3.83. The van der Waals surface area contributed by atoms with Crippen LogP contribution in [0.25, 0.3) is 11.1 Å². The average Bonchev–Trinajstić information content (AvgIpc) is 2.47. The molecule has 0 amide bonds. The second kappa shape index (κ2) is 8.37. The van der Waals surface area contributed by atoms with Crippen molar-refractivity contribution in [3.8, 4) is 11.1 Å². The predicted molar refractivity (Wildman–Crippen MR) is 92.7 cm³/mol. The van der Waals surface area contributed by atoms with Gasteiger partial charge in [0.1, 0.15) is 0 Å². The third-order valence-corrected chi connectivity index (χ3v) is 3.83. The van der Waals surface area contributed by atoms with E-state index in [4.69, 9.17) is 15.1 Å². The standard InChI is InChI=1S/C17H21NO2.BH3O3/c1-16(2,19)17(3,20)12-13-4-6-14(7-5-13)15-8-10-18-11-9-15;2-1(3)4/h4-11,19-20H,12H2,1-3H3;2-4H. The summed E-state index contributed by atoms with van der Waals surface area (Å²) in [7, 11) is -2.17. The van der Waals surface area contributed by atoms with Crippen LogP contribution in [0.2, 0.25) is 0 Å². The minimum atomic E-state index is -2.17. The first-order valence-electron chi connectivity index (χ1n) is 7.51. The molecular weight excluding hydrogens is 309 g/mol. The third kappa shape index (κ3) is 6.39. The first-order chi connectivity index (χ1) is 11.0. The molecule has 7 heteroatoms. The number of rotatable bonds is 4. The minimum absolute atomic E-state index is 0.410. The van der Waals surface area contributed by atoms with Gasteiger partial charge < -0.3 is 25.3 Å². The van der Waals surface area contributed by atoms with Crippen LogP contribution in [0.4, 0.5) is 0 Å². The van der Waals surface area contributed by atoms with Crippen LogP contribution in [0, 0.1) is 0 Å². The van der Waals surface area contributed by atoms with Gasteiger partial charge in [0.05, 0.1) is 11.2 Å². The lowest BCUT2D eigenvalue weighted by molar-refractivity contribution is -0.118. The quantitative estimate of drug-likeness (QED) is 0.528. The lowest BCUT2D eigenvalue weighted by Gasteiger charge is -2.35. The Morgan fingerprint density at radius 1 is 0.833 bits per heavy atom. The van der Waals surface area contributed by atoms with Gasteiger partial charge in [-0.2, -0.15) is 0 Å². The summed E-state index contributed by atoms with van der Waals surface area (Å²) < 4.78 is 0. The number of nitrogens with zero attached hydrogens (tertiary/aromatic N) is 1. The van der Waals surface area contributed by atoms with E-state index in [1.54, 1.807) is 33.2 Å². The summed E-state index contributed by atoms with van der Waals surface area (Å²) >= 11 is 0. The smallest absolute Gasteiger partial charge is 0.402 e. The number of benzene rings is 1. The van der Waals surface area contributed by atoms with Crippen LogP contribution in [-0.2, 0) is 6.42 Å². The Hall–Kier alpha value is -1.77.